The van der Waals surface area contributed by atoms with Crippen molar-refractivity contribution in [3.63, 3.8) is 0 Å². The fourth-order valence-corrected chi connectivity index (χ4v) is 7.43. The molecule has 1 aliphatic heterocycles. The fraction of sp³-hybridized carbons (Fsp3) is 0.514. The molecule has 2 unspecified atom stereocenters. The van der Waals surface area contributed by atoms with Gasteiger partial charge >= 0.3 is 5.97 Å². The summed E-state index contributed by atoms with van der Waals surface area (Å²) in [4.78, 5) is 21.8. The Morgan fingerprint density at radius 2 is 1.36 bits per heavy atom. The summed E-state index contributed by atoms with van der Waals surface area (Å²) in [6, 6.07) is 16.6. The Labute approximate surface area is 267 Å². The van der Waals surface area contributed by atoms with Crippen LogP contribution in [0.2, 0.25) is 0 Å². The molecule has 2 atom stereocenters. The van der Waals surface area contributed by atoms with Gasteiger partial charge < -0.3 is 9.29 Å². The Bertz CT molecular complexity index is 1480. The third-order valence-corrected chi connectivity index (χ3v) is 10.3. The summed E-state index contributed by atoms with van der Waals surface area (Å²) in [5.74, 6) is 0.0486. The van der Waals surface area contributed by atoms with Crippen LogP contribution < -0.4 is 0 Å². The molecule has 0 saturated carbocycles. The number of rotatable bonds is 20. The first-order chi connectivity index (χ1) is 21.4. The summed E-state index contributed by atoms with van der Waals surface area (Å²) in [6.07, 6.45) is 18.6. The molecule has 3 aromatic rings. The number of benzene rings is 2. The van der Waals surface area contributed by atoms with E-state index < -0.39 is 26.6 Å². The normalized spacial score (nSPS) is 15.8. The number of hydrogen-bond donors (Lipinski definition) is 0. The summed E-state index contributed by atoms with van der Waals surface area (Å²) in [7, 11) is -4.69. The van der Waals surface area contributed by atoms with Crippen molar-refractivity contribution in [2.75, 3.05) is 0 Å². The van der Waals surface area contributed by atoms with Gasteiger partial charge in [0.05, 0.1) is 5.52 Å². The van der Waals surface area contributed by atoms with Gasteiger partial charge in [0.2, 0.25) is 0 Å². The molecule has 0 N–H and O–H groups in total. The molecule has 7 nitrogen and oxygen atoms in total. The zero-order chi connectivity index (χ0) is 31.2. The molecule has 2 heterocycles. The number of para-hydroxylation sites is 1. The van der Waals surface area contributed by atoms with Crippen LogP contribution in [0.15, 0.2) is 65.7 Å². The summed E-state index contributed by atoms with van der Waals surface area (Å²) < 4.78 is 42.8. The summed E-state index contributed by atoms with van der Waals surface area (Å²) in [6.45, 7) is 2.25. The van der Waals surface area contributed by atoms with Crippen molar-refractivity contribution in [2.45, 2.75) is 119 Å². The molecule has 4 rings (SSSR count). The molecule has 0 aliphatic carbocycles. The first kappa shape index (κ1) is 34.1. The van der Waals surface area contributed by atoms with E-state index in [9.17, 15) is 17.8 Å². The molecule has 238 valence electrons. The molecular weight excluding hydrogens is 593 g/mol. The first-order valence-corrected chi connectivity index (χ1v) is 18.6. The lowest BCUT2D eigenvalue weighted by atomic mass is 10.0. The molecule has 0 bridgehead atoms. The summed E-state index contributed by atoms with van der Waals surface area (Å²) in [5, 5.41) is -0.860. The van der Waals surface area contributed by atoms with Crippen LogP contribution in [0, 0.1) is 0 Å². The van der Waals surface area contributed by atoms with Crippen molar-refractivity contribution < 1.29 is 22.5 Å². The molecule has 9 heteroatoms. The maximum Gasteiger partial charge on any atom is 0.328 e. The van der Waals surface area contributed by atoms with E-state index in [2.05, 4.69) is 16.9 Å². The lowest BCUT2D eigenvalue weighted by Crippen LogP contribution is -2.17. The largest absolute Gasteiger partial charge is 0.747 e. The van der Waals surface area contributed by atoms with E-state index in [1.807, 2.05) is 42.5 Å². The van der Waals surface area contributed by atoms with Crippen LogP contribution in [0.1, 0.15) is 120 Å². The van der Waals surface area contributed by atoms with Crippen molar-refractivity contribution in [1.29, 1.82) is 0 Å². The van der Waals surface area contributed by atoms with Crippen LogP contribution in [0.25, 0.3) is 16.7 Å². The second-order valence-electron chi connectivity index (χ2n) is 11.6. The molecule has 2 aromatic carbocycles. The summed E-state index contributed by atoms with van der Waals surface area (Å²) >= 11 is 1.18. The number of esters is 1. The van der Waals surface area contributed by atoms with Crippen LogP contribution in [0.4, 0.5) is 0 Å². The van der Waals surface area contributed by atoms with Gasteiger partial charge in [-0.1, -0.05) is 157 Å². The number of fused-ring (bicyclic) bond motifs is 1. The van der Waals surface area contributed by atoms with E-state index in [1.54, 1.807) is 18.2 Å². The predicted octanol–water partition coefficient (Wildman–Crippen LogP) is 9.15. The number of carbonyl (C=O) groups excluding carboxylic acids is 1. The first-order valence-electron chi connectivity index (χ1n) is 16.2. The fourth-order valence-electron chi connectivity index (χ4n) is 5.59. The molecule has 1 aliphatic rings. The van der Waals surface area contributed by atoms with Crippen LogP contribution in [0.3, 0.4) is 0 Å². The van der Waals surface area contributed by atoms with E-state index in [1.165, 1.54) is 76.0 Å². The lowest BCUT2D eigenvalue weighted by Gasteiger charge is -2.20. The van der Waals surface area contributed by atoms with Crippen LogP contribution in [0.5, 0.6) is 0 Å². The van der Waals surface area contributed by atoms with Gasteiger partial charge in [0.1, 0.15) is 37.2 Å². The van der Waals surface area contributed by atoms with E-state index in [4.69, 9.17) is 4.74 Å². The number of cyclic esters (lactones) is 1. The third kappa shape index (κ3) is 10.4. The van der Waals surface area contributed by atoms with Crippen LogP contribution in [-0.4, -0.2) is 34.2 Å². The van der Waals surface area contributed by atoms with Crippen molar-refractivity contribution in [3.05, 3.63) is 72.1 Å². The standard InChI is InChI=1S/C35H46N2O5S2/c1-2-3-4-5-6-7-8-9-10-11-12-13-14-18-25-32(44(39,40)41)33-36-29-24-20-19-23-28(29)34(37-33)43-31-26-30(42-35(31)38)27-21-16-15-17-22-27/h15-17,19-24,26,31-32H,2-14,18,25H2,1H3,(H,39,40,41)/p-1. The number of unbranched alkanes of at least 4 members (excludes halogenated alkanes) is 13. The van der Waals surface area contributed by atoms with Gasteiger partial charge in [-0.3, -0.25) is 4.79 Å². The van der Waals surface area contributed by atoms with Crippen molar-refractivity contribution >= 4 is 44.5 Å². The predicted molar refractivity (Wildman–Crippen MR) is 177 cm³/mol. The Balaban J connectivity index is 1.33. The lowest BCUT2D eigenvalue weighted by molar-refractivity contribution is -0.133. The summed E-state index contributed by atoms with van der Waals surface area (Å²) in [5.41, 5.74) is 1.33. The minimum absolute atomic E-state index is 0.00507. The smallest absolute Gasteiger partial charge is 0.328 e. The number of carbonyl (C=O) groups is 1. The van der Waals surface area contributed by atoms with Gasteiger partial charge in [-0.25, -0.2) is 18.4 Å². The van der Waals surface area contributed by atoms with E-state index >= 15 is 0 Å². The highest BCUT2D eigenvalue weighted by molar-refractivity contribution is 8.01. The highest BCUT2D eigenvalue weighted by atomic mass is 32.2. The SMILES string of the molecule is CCCCCCCCCCCCCCCCC(c1nc(SC2C=C(c3ccccc3)OC2=O)c2ccccc2n1)S(=O)(=O)[O-]. The van der Waals surface area contributed by atoms with E-state index in [-0.39, 0.29) is 12.2 Å². The van der Waals surface area contributed by atoms with Crippen LogP contribution in [-0.2, 0) is 19.6 Å². The number of hydrogen-bond acceptors (Lipinski definition) is 8. The Morgan fingerprint density at radius 1 is 0.795 bits per heavy atom. The minimum atomic E-state index is -4.69. The average molecular weight is 638 g/mol. The molecule has 1 aromatic heterocycles. The van der Waals surface area contributed by atoms with Crippen molar-refractivity contribution in [1.82, 2.24) is 9.97 Å². The maximum atomic E-state index is 12.8. The van der Waals surface area contributed by atoms with E-state index in [0.717, 1.165) is 24.8 Å². The minimum Gasteiger partial charge on any atom is -0.747 e. The number of aromatic nitrogens is 2. The van der Waals surface area contributed by atoms with Gasteiger partial charge in [-0.15, -0.1) is 0 Å². The molecule has 0 amide bonds. The van der Waals surface area contributed by atoms with Gasteiger partial charge in [0.25, 0.3) is 0 Å². The van der Waals surface area contributed by atoms with Gasteiger partial charge in [-0.05, 0) is 18.6 Å². The maximum absolute atomic E-state index is 12.8. The number of thioether (sulfide) groups is 1. The zero-order valence-corrected chi connectivity index (χ0v) is 27.4. The third-order valence-electron chi connectivity index (χ3n) is 8.08. The van der Waals surface area contributed by atoms with Crippen molar-refractivity contribution in [3.8, 4) is 0 Å². The van der Waals surface area contributed by atoms with Crippen molar-refractivity contribution in [2.24, 2.45) is 0 Å². The number of ether oxygens (including phenoxy) is 1. The molecule has 0 fully saturated rings. The quantitative estimate of drug-likeness (QED) is 0.0522. The van der Waals surface area contributed by atoms with Gasteiger partial charge in [0.15, 0.2) is 0 Å². The van der Waals surface area contributed by atoms with Crippen LogP contribution >= 0.6 is 11.8 Å². The zero-order valence-electron chi connectivity index (χ0n) is 25.8. The average Bonchev–Trinajstić information content (AvgIpc) is 3.38. The Hall–Kier alpha value is -2.75. The number of nitrogens with zero attached hydrogens (tertiary/aromatic N) is 2. The second-order valence-corrected chi connectivity index (χ2v) is 14.3. The second kappa shape index (κ2) is 17.7. The highest BCUT2D eigenvalue weighted by Crippen LogP contribution is 2.37. The Morgan fingerprint density at radius 3 is 1.98 bits per heavy atom. The Kier molecular flexibility index (Phi) is 13.7. The molecule has 0 radical (unpaired) electrons. The molecule has 0 spiro atoms. The topological polar surface area (TPSA) is 109 Å². The van der Waals surface area contributed by atoms with Gasteiger partial charge in [-0.2, -0.15) is 0 Å². The molecule has 44 heavy (non-hydrogen) atoms. The van der Waals surface area contributed by atoms with E-state index in [0.29, 0.717) is 28.1 Å². The van der Waals surface area contributed by atoms with Gasteiger partial charge in [0, 0.05) is 10.9 Å². The molecular formula is C35H45N2O5S2-. The highest BCUT2D eigenvalue weighted by Gasteiger charge is 2.31. The molecule has 0 saturated heterocycles. The monoisotopic (exact) mass is 637 g/mol.